The smallest absolute Gasteiger partial charge is 0.128 e. The van der Waals surface area contributed by atoms with Crippen LogP contribution >= 0.6 is 15.9 Å². The second kappa shape index (κ2) is 6.51. The summed E-state index contributed by atoms with van der Waals surface area (Å²) in [4.78, 5) is 0. The fraction of sp³-hybridized carbons (Fsp3) is 0.294. The molecule has 0 aliphatic heterocycles. The van der Waals surface area contributed by atoms with Gasteiger partial charge in [-0.15, -0.1) is 0 Å². The Morgan fingerprint density at radius 3 is 2.30 bits per heavy atom. The summed E-state index contributed by atoms with van der Waals surface area (Å²) in [5.41, 5.74) is 3.13. The van der Waals surface area contributed by atoms with Crippen LogP contribution in [0.4, 0.5) is 4.39 Å². The zero-order valence-corrected chi connectivity index (χ0v) is 13.5. The standard InChI is InChI=1S/C17H19BrFN/c1-11-4-6-14(7-5-11)12(2)20-13(3)16-10-15(18)8-9-17(16)19/h4-10,12-13,20H,1-3H3. The fourth-order valence-electron chi connectivity index (χ4n) is 2.26. The number of nitrogens with one attached hydrogen (secondary N) is 1. The van der Waals surface area contributed by atoms with E-state index in [1.165, 1.54) is 17.2 Å². The first-order chi connectivity index (χ1) is 9.47. The van der Waals surface area contributed by atoms with Gasteiger partial charge < -0.3 is 5.32 Å². The molecule has 0 spiro atoms. The van der Waals surface area contributed by atoms with E-state index in [4.69, 9.17) is 0 Å². The normalized spacial score (nSPS) is 14.1. The molecule has 0 fully saturated rings. The van der Waals surface area contributed by atoms with Gasteiger partial charge in [-0.1, -0.05) is 45.8 Å². The molecule has 2 unspecified atom stereocenters. The van der Waals surface area contributed by atoms with Crippen LogP contribution in [0.1, 0.15) is 42.6 Å². The Kier molecular flexibility index (Phi) is 4.95. The van der Waals surface area contributed by atoms with Gasteiger partial charge in [-0.25, -0.2) is 4.39 Å². The summed E-state index contributed by atoms with van der Waals surface area (Å²) in [6.07, 6.45) is 0. The zero-order valence-electron chi connectivity index (χ0n) is 12.0. The molecule has 20 heavy (non-hydrogen) atoms. The summed E-state index contributed by atoms with van der Waals surface area (Å²) in [7, 11) is 0. The number of hydrogen-bond acceptors (Lipinski definition) is 1. The molecule has 0 radical (unpaired) electrons. The van der Waals surface area contributed by atoms with E-state index in [-0.39, 0.29) is 17.9 Å². The molecule has 0 heterocycles. The molecular weight excluding hydrogens is 317 g/mol. The SMILES string of the molecule is Cc1ccc(C(C)NC(C)c2cc(Br)ccc2F)cc1. The van der Waals surface area contributed by atoms with E-state index in [9.17, 15) is 4.39 Å². The number of rotatable bonds is 4. The quantitative estimate of drug-likeness (QED) is 0.798. The molecule has 1 nitrogen and oxygen atoms in total. The molecule has 1 N–H and O–H groups in total. The van der Waals surface area contributed by atoms with Crippen molar-refractivity contribution in [2.75, 3.05) is 0 Å². The molecule has 0 bridgehead atoms. The van der Waals surface area contributed by atoms with Crippen LogP contribution in [0.3, 0.4) is 0 Å². The highest BCUT2D eigenvalue weighted by atomic mass is 79.9. The van der Waals surface area contributed by atoms with Gasteiger partial charge in [0.2, 0.25) is 0 Å². The van der Waals surface area contributed by atoms with Crippen molar-refractivity contribution in [3.63, 3.8) is 0 Å². The highest BCUT2D eigenvalue weighted by Crippen LogP contribution is 2.24. The maximum absolute atomic E-state index is 13.9. The van der Waals surface area contributed by atoms with Gasteiger partial charge in [0.1, 0.15) is 5.82 Å². The lowest BCUT2D eigenvalue weighted by Crippen LogP contribution is -2.23. The van der Waals surface area contributed by atoms with Gasteiger partial charge in [0.15, 0.2) is 0 Å². The molecule has 0 saturated heterocycles. The van der Waals surface area contributed by atoms with E-state index in [1.807, 2.05) is 13.0 Å². The second-order valence-corrected chi connectivity index (χ2v) is 6.10. The van der Waals surface area contributed by atoms with Crippen LogP contribution in [-0.2, 0) is 0 Å². The second-order valence-electron chi connectivity index (χ2n) is 5.19. The third kappa shape index (κ3) is 3.68. The number of benzene rings is 2. The number of aryl methyl sites for hydroxylation is 1. The molecule has 2 aromatic carbocycles. The molecule has 2 rings (SSSR count). The van der Waals surface area contributed by atoms with Crippen LogP contribution in [-0.4, -0.2) is 0 Å². The maximum Gasteiger partial charge on any atom is 0.128 e. The molecule has 0 saturated carbocycles. The molecule has 0 amide bonds. The largest absolute Gasteiger partial charge is 0.304 e. The minimum Gasteiger partial charge on any atom is -0.304 e. The van der Waals surface area contributed by atoms with Crippen LogP contribution in [0.15, 0.2) is 46.9 Å². The van der Waals surface area contributed by atoms with Gasteiger partial charge in [0.25, 0.3) is 0 Å². The van der Waals surface area contributed by atoms with Gasteiger partial charge in [0.05, 0.1) is 0 Å². The Balaban J connectivity index is 2.12. The third-order valence-corrected chi connectivity index (χ3v) is 4.00. The van der Waals surface area contributed by atoms with Gasteiger partial charge >= 0.3 is 0 Å². The summed E-state index contributed by atoms with van der Waals surface area (Å²) in [5, 5.41) is 3.44. The Morgan fingerprint density at radius 2 is 1.65 bits per heavy atom. The van der Waals surface area contributed by atoms with Crippen LogP contribution in [0, 0.1) is 12.7 Å². The summed E-state index contributed by atoms with van der Waals surface area (Å²) in [6.45, 7) is 6.15. The average molecular weight is 336 g/mol. The van der Waals surface area contributed by atoms with Crippen molar-refractivity contribution in [3.05, 3.63) is 69.4 Å². The average Bonchev–Trinajstić information content (AvgIpc) is 2.42. The molecule has 0 aliphatic rings. The molecule has 3 heteroatoms. The highest BCUT2D eigenvalue weighted by molar-refractivity contribution is 9.10. The zero-order chi connectivity index (χ0) is 14.7. The van der Waals surface area contributed by atoms with E-state index in [1.54, 1.807) is 6.07 Å². The fourth-order valence-corrected chi connectivity index (χ4v) is 2.64. The van der Waals surface area contributed by atoms with Crippen molar-refractivity contribution in [1.29, 1.82) is 0 Å². The van der Waals surface area contributed by atoms with Gasteiger partial charge in [-0.05, 0) is 44.5 Å². The monoisotopic (exact) mass is 335 g/mol. The summed E-state index contributed by atoms with van der Waals surface area (Å²) in [6, 6.07) is 13.6. The summed E-state index contributed by atoms with van der Waals surface area (Å²) < 4.78 is 14.8. The first-order valence-corrected chi connectivity index (χ1v) is 7.54. The van der Waals surface area contributed by atoms with Crippen LogP contribution in [0.2, 0.25) is 0 Å². The van der Waals surface area contributed by atoms with Crippen molar-refractivity contribution in [2.45, 2.75) is 32.9 Å². The number of hydrogen-bond donors (Lipinski definition) is 1. The maximum atomic E-state index is 13.9. The van der Waals surface area contributed by atoms with Gasteiger partial charge in [0, 0.05) is 22.1 Å². The summed E-state index contributed by atoms with van der Waals surface area (Å²) in [5.74, 6) is -0.177. The molecular formula is C17H19BrFN. The summed E-state index contributed by atoms with van der Waals surface area (Å²) >= 11 is 3.39. The lowest BCUT2D eigenvalue weighted by Gasteiger charge is -2.21. The molecule has 2 atom stereocenters. The van der Waals surface area contributed by atoms with Crippen LogP contribution < -0.4 is 5.32 Å². The van der Waals surface area contributed by atoms with E-state index in [0.717, 1.165) is 4.47 Å². The van der Waals surface area contributed by atoms with Crippen LogP contribution in [0.5, 0.6) is 0 Å². The van der Waals surface area contributed by atoms with Crippen molar-refractivity contribution < 1.29 is 4.39 Å². The first-order valence-electron chi connectivity index (χ1n) is 6.75. The first kappa shape index (κ1) is 15.2. The van der Waals surface area contributed by atoms with E-state index in [2.05, 4.69) is 59.4 Å². The van der Waals surface area contributed by atoms with Crippen molar-refractivity contribution in [3.8, 4) is 0 Å². The lowest BCUT2D eigenvalue weighted by atomic mass is 10.0. The van der Waals surface area contributed by atoms with E-state index in [0.29, 0.717) is 5.56 Å². The lowest BCUT2D eigenvalue weighted by molar-refractivity contribution is 0.473. The van der Waals surface area contributed by atoms with E-state index < -0.39 is 0 Å². The number of halogens is 2. The minimum absolute atomic E-state index is 0.0520. The van der Waals surface area contributed by atoms with Crippen molar-refractivity contribution >= 4 is 15.9 Å². The van der Waals surface area contributed by atoms with E-state index >= 15 is 0 Å². The molecule has 2 aromatic rings. The van der Waals surface area contributed by atoms with Crippen molar-refractivity contribution in [1.82, 2.24) is 5.32 Å². The highest BCUT2D eigenvalue weighted by Gasteiger charge is 2.14. The van der Waals surface area contributed by atoms with Crippen molar-refractivity contribution in [2.24, 2.45) is 0 Å². The van der Waals surface area contributed by atoms with Crippen LogP contribution in [0.25, 0.3) is 0 Å². The predicted octanol–water partition coefficient (Wildman–Crippen LogP) is 5.31. The molecule has 106 valence electrons. The minimum atomic E-state index is -0.177. The van der Waals surface area contributed by atoms with Gasteiger partial charge in [-0.2, -0.15) is 0 Å². The Bertz CT molecular complexity index is 580. The topological polar surface area (TPSA) is 12.0 Å². The molecule has 0 aromatic heterocycles. The van der Waals surface area contributed by atoms with Gasteiger partial charge in [-0.3, -0.25) is 0 Å². The molecule has 0 aliphatic carbocycles. The Labute approximate surface area is 128 Å². The Hall–Kier alpha value is -1.19. The Morgan fingerprint density at radius 1 is 1.00 bits per heavy atom. The predicted molar refractivity (Wildman–Crippen MR) is 85.2 cm³/mol. The third-order valence-electron chi connectivity index (χ3n) is 3.50.